The van der Waals surface area contributed by atoms with Crippen molar-refractivity contribution in [3.05, 3.63) is 17.0 Å². The van der Waals surface area contributed by atoms with E-state index in [2.05, 4.69) is 10.6 Å². The molecule has 6 nitrogen and oxygen atoms in total. The Hall–Kier alpha value is -1.44. The zero-order valence-electron chi connectivity index (χ0n) is 10.5. The molecule has 2 rings (SSSR count). The number of anilines is 1. The fourth-order valence-electron chi connectivity index (χ4n) is 1.89. The van der Waals surface area contributed by atoms with Gasteiger partial charge in [-0.25, -0.2) is 4.79 Å². The van der Waals surface area contributed by atoms with Crippen LogP contribution in [0.25, 0.3) is 0 Å². The zero-order valence-corrected chi connectivity index (χ0v) is 11.3. The molecule has 0 radical (unpaired) electrons. The highest BCUT2D eigenvalue weighted by molar-refractivity contribution is 7.14. The number of amides is 1. The van der Waals surface area contributed by atoms with Crippen LogP contribution >= 0.6 is 11.3 Å². The van der Waals surface area contributed by atoms with Gasteiger partial charge in [-0.3, -0.25) is 4.79 Å². The van der Waals surface area contributed by atoms with Crippen molar-refractivity contribution in [2.45, 2.75) is 25.5 Å². The number of thiophene rings is 1. The van der Waals surface area contributed by atoms with Crippen molar-refractivity contribution in [2.24, 2.45) is 0 Å². The van der Waals surface area contributed by atoms with E-state index < -0.39 is 18.1 Å². The molecular formula is C12H16N2O4S. The lowest BCUT2D eigenvalue weighted by Gasteiger charge is -2.10. The lowest BCUT2D eigenvalue weighted by Crippen LogP contribution is -2.35. The summed E-state index contributed by atoms with van der Waals surface area (Å²) >= 11 is 1.27. The number of esters is 1. The van der Waals surface area contributed by atoms with Crippen LogP contribution in [0.4, 0.5) is 5.00 Å². The quantitative estimate of drug-likeness (QED) is 0.704. The molecule has 3 N–H and O–H groups in total. The minimum absolute atomic E-state index is 0.246. The van der Waals surface area contributed by atoms with E-state index in [4.69, 9.17) is 4.74 Å². The molecule has 1 aliphatic heterocycles. The topological polar surface area (TPSA) is 87.7 Å². The highest BCUT2D eigenvalue weighted by Gasteiger charge is 2.29. The second-order valence-corrected chi connectivity index (χ2v) is 5.14. The second kappa shape index (κ2) is 6.14. The number of aliphatic hydroxyl groups excluding tert-OH is 1. The summed E-state index contributed by atoms with van der Waals surface area (Å²) in [6.45, 7) is 2.43. The largest absolute Gasteiger partial charge is 0.462 e. The molecule has 1 fully saturated rings. The molecule has 104 valence electrons. The normalized spacial score (nSPS) is 22.2. The van der Waals surface area contributed by atoms with Crippen LogP contribution in [0, 0.1) is 0 Å². The van der Waals surface area contributed by atoms with Crippen molar-refractivity contribution in [3.8, 4) is 0 Å². The van der Waals surface area contributed by atoms with E-state index in [9.17, 15) is 14.7 Å². The summed E-state index contributed by atoms with van der Waals surface area (Å²) < 4.78 is 4.91. The van der Waals surface area contributed by atoms with Crippen LogP contribution in [0.15, 0.2) is 11.4 Å². The Bertz CT molecular complexity index is 474. The first-order valence-corrected chi connectivity index (χ1v) is 6.96. The fourth-order valence-corrected chi connectivity index (χ4v) is 2.67. The van der Waals surface area contributed by atoms with E-state index in [1.54, 1.807) is 18.4 Å². The first-order chi connectivity index (χ1) is 9.11. The molecule has 0 spiro atoms. The van der Waals surface area contributed by atoms with Crippen LogP contribution < -0.4 is 10.6 Å². The van der Waals surface area contributed by atoms with Crippen molar-refractivity contribution in [3.63, 3.8) is 0 Å². The number of rotatable bonds is 4. The first kappa shape index (κ1) is 14.0. The Morgan fingerprint density at radius 2 is 2.42 bits per heavy atom. The van der Waals surface area contributed by atoms with E-state index >= 15 is 0 Å². The number of hydrogen-bond donors (Lipinski definition) is 3. The Morgan fingerprint density at radius 3 is 3.05 bits per heavy atom. The average Bonchev–Trinajstić information content (AvgIpc) is 2.98. The number of ether oxygens (including phenoxy) is 1. The molecule has 2 atom stereocenters. The van der Waals surface area contributed by atoms with Crippen LogP contribution in [-0.2, 0) is 9.53 Å². The monoisotopic (exact) mass is 284 g/mol. The second-order valence-electron chi connectivity index (χ2n) is 4.22. The third-order valence-corrected chi connectivity index (χ3v) is 3.65. The summed E-state index contributed by atoms with van der Waals surface area (Å²) in [5.74, 6) is -0.692. The highest BCUT2D eigenvalue weighted by Crippen LogP contribution is 2.24. The van der Waals surface area contributed by atoms with E-state index in [1.165, 1.54) is 11.3 Å². The molecule has 1 saturated heterocycles. The van der Waals surface area contributed by atoms with Crippen molar-refractivity contribution >= 4 is 28.2 Å². The van der Waals surface area contributed by atoms with Gasteiger partial charge in [-0.05, 0) is 24.8 Å². The number of carbonyl (C=O) groups excluding carboxylic acids is 2. The van der Waals surface area contributed by atoms with Gasteiger partial charge in [-0.2, -0.15) is 0 Å². The Kier molecular flexibility index (Phi) is 4.52. The third-order valence-electron chi connectivity index (χ3n) is 2.82. The maximum Gasteiger partial charge on any atom is 0.341 e. The minimum atomic E-state index is -0.497. The zero-order chi connectivity index (χ0) is 13.8. The van der Waals surface area contributed by atoms with Crippen LogP contribution in [0.3, 0.4) is 0 Å². The summed E-state index contributed by atoms with van der Waals surface area (Å²) in [5, 5.41) is 17.2. The molecule has 1 amide bonds. The molecule has 19 heavy (non-hydrogen) atoms. The molecule has 0 bridgehead atoms. The van der Waals surface area contributed by atoms with Gasteiger partial charge in [-0.15, -0.1) is 11.3 Å². The van der Waals surface area contributed by atoms with Gasteiger partial charge in [0.2, 0.25) is 5.91 Å². The average molecular weight is 284 g/mol. The molecule has 7 heteroatoms. The van der Waals surface area contributed by atoms with Gasteiger partial charge in [-0.1, -0.05) is 0 Å². The van der Waals surface area contributed by atoms with Gasteiger partial charge in [0.15, 0.2) is 0 Å². The van der Waals surface area contributed by atoms with Gasteiger partial charge in [0.25, 0.3) is 0 Å². The van der Waals surface area contributed by atoms with Gasteiger partial charge in [0, 0.05) is 6.54 Å². The van der Waals surface area contributed by atoms with Crippen LogP contribution in [0.5, 0.6) is 0 Å². The van der Waals surface area contributed by atoms with E-state index in [-0.39, 0.29) is 5.91 Å². The first-order valence-electron chi connectivity index (χ1n) is 6.08. The predicted molar refractivity (Wildman–Crippen MR) is 71.3 cm³/mol. The molecule has 1 aromatic heterocycles. The summed E-state index contributed by atoms with van der Waals surface area (Å²) in [4.78, 5) is 23.6. The standard InChI is InChI=1S/C12H16N2O4S/c1-2-18-12(17)8-3-4-19-11(8)14-10(16)9-5-7(15)6-13-9/h3-4,7,9,13,15H,2,5-6H2,1H3,(H,14,16). The molecule has 1 aromatic rings. The molecule has 0 saturated carbocycles. The maximum absolute atomic E-state index is 12.0. The van der Waals surface area contributed by atoms with E-state index in [0.717, 1.165) is 0 Å². The lowest BCUT2D eigenvalue weighted by molar-refractivity contribution is -0.117. The summed E-state index contributed by atoms with van der Waals surface area (Å²) in [6, 6.07) is 1.20. The van der Waals surface area contributed by atoms with Gasteiger partial charge in [0.05, 0.1) is 24.3 Å². The van der Waals surface area contributed by atoms with Crippen LogP contribution in [-0.4, -0.2) is 42.3 Å². The number of hydrogen-bond acceptors (Lipinski definition) is 6. The van der Waals surface area contributed by atoms with Crippen LogP contribution in [0.2, 0.25) is 0 Å². The Balaban J connectivity index is 2.01. The van der Waals surface area contributed by atoms with Crippen molar-refractivity contribution in [2.75, 3.05) is 18.5 Å². The van der Waals surface area contributed by atoms with Crippen molar-refractivity contribution in [1.82, 2.24) is 5.32 Å². The fraction of sp³-hybridized carbons (Fsp3) is 0.500. The summed E-state index contributed by atoms with van der Waals surface area (Å²) in [6.07, 6.45) is -0.116. The smallest absolute Gasteiger partial charge is 0.341 e. The summed E-state index contributed by atoms with van der Waals surface area (Å²) in [5.41, 5.74) is 0.360. The molecule has 0 aromatic carbocycles. The van der Waals surface area contributed by atoms with E-state index in [0.29, 0.717) is 30.1 Å². The molecule has 1 aliphatic rings. The molecule has 0 aliphatic carbocycles. The van der Waals surface area contributed by atoms with Gasteiger partial charge in [0.1, 0.15) is 5.00 Å². The van der Waals surface area contributed by atoms with Crippen LogP contribution in [0.1, 0.15) is 23.7 Å². The molecule has 2 heterocycles. The van der Waals surface area contributed by atoms with E-state index in [1.807, 2.05) is 0 Å². The lowest BCUT2D eigenvalue weighted by atomic mass is 10.2. The summed E-state index contributed by atoms with van der Waals surface area (Å²) in [7, 11) is 0. The molecular weight excluding hydrogens is 268 g/mol. The third kappa shape index (κ3) is 3.31. The Morgan fingerprint density at radius 1 is 1.63 bits per heavy atom. The van der Waals surface area contributed by atoms with Crippen molar-refractivity contribution in [1.29, 1.82) is 0 Å². The van der Waals surface area contributed by atoms with Gasteiger partial charge < -0.3 is 20.5 Å². The van der Waals surface area contributed by atoms with Gasteiger partial charge >= 0.3 is 5.97 Å². The maximum atomic E-state index is 12.0. The number of aliphatic hydroxyl groups is 1. The number of β-amino-alcohol motifs (C(OH)–C–C–N with tert-alkyl or cyclic N) is 1. The van der Waals surface area contributed by atoms with Crippen molar-refractivity contribution < 1.29 is 19.4 Å². The highest BCUT2D eigenvalue weighted by atomic mass is 32.1. The number of carbonyl (C=O) groups is 2. The number of nitrogens with one attached hydrogen (secondary N) is 2. The molecule has 2 unspecified atom stereocenters. The predicted octanol–water partition coefficient (Wildman–Crippen LogP) is 0.586. The Labute approximate surface area is 114 Å². The minimum Gasteiger partial charge on any atom is -0.462 e. The SMILES string of the molecule is CCOC(=O)c1ccsc1NC(=O)C1CC(O)CN1.